The van der Waals surface area contributed by atoms with Crippen LogP contribution in [0, 0.1) is 0 Å². The number of hydrogen-bond acceptors (Lipinski definition) is 3. The molecule has 0 amide bonds. The van der Waals surface area contributed by atoms with Crippen molar-refractivity contribution >= 4 is 23.7 Å². The molecule has 0 aromatic rings. The van der Waals surface area contributed by atoms with Crippen molar-refractivity contribution in [1.29, 1.82) is 0 Å². The van der Waals surface area contributed by atoms with Crippen LogP contribution < -0.4 is 5.73 Å². The van der Waals surface area contributed by atoms with Crippen molar-refractivity contribution in [3.8, 4) is 0 Å². The van der Waals surface area contributed by atoms with E-state index in [9.17, 15) is 4.21 Å². The van der Waals surface area contributed by atoms with Gasteiger partial charge in [-0.15, -0.1) is 0 Å². The van der Waals surface area contributed by atoms with E-state index >= 15 is 0 Å². The molecule has 0 rings (SSSR count). The first-order valence-corrected chi connectivity index (χ1v) is 3.95. The molecule has 8 heavy (non-hydrogen) atoms. The molecule has 0 saturated heterocycles. The third kappa shape index (κ3) is 3.43. The molecule has 0 aromatic heterocycles. The van der Waals surface area contributed by atoms with Crippen molar-refractivity contribution in [2.75, 3.05) is 5.75 Å². The zero-order valence-corrected chi connectivity index (χ0v) is 5.99. The standard InChI is InChI=1S/C3H9NO2S2/c4-3(1-2-7)8(5)6/h3,7H,1-2,4H2,(H,5,6). The Labute approximate surface area is 56.3 Å². The smallest absolute Gasteiger partial charge is 0.170 e. The largest absolute Gasteiger partial charge is 0.315 e. The Bertz CT molecular complexity index is 87.4. The average molecular weight is 155 g/mol. The Morgan fingerprint density at radius 3 is 2.50 bits per heavy atom. The molecule has 0 aliphatic carbocycles. The fourth-order valence-electron chi connectivity index (χ4n) is 0.228. The second-order valence-electron chi connectivity index (χ2n) is 1.33. The second-order valence-corrected chi connectivity index (χ2v) is 2.93. The van der Waals surface area contributed by atoms with E-state index < -0.39 is 16.5 Å². The molecular formula is C3H9NO2S2. The van der Waals surface area contributed by atoms with Gasteiger partial charge in [-0.2, -0.15) is 12.6 Å². The number of hydrogen-bond donors (Lipinski definition) is 3. The Kier molecular flexibility index (Phi) is 4.54. The van der Waals surface area contributed by atoms with Crippen LogP contribution in [0.1, 0.15) is 6.42 Å². The lowest BCUT2D eigenvalue weighted by Gasteiger charge is -2.01. The average Bonchev–Trinajstić information content (AvgIpc) is 1.67. The summed E-state index contributed by atoms with van der Waals surface area (Å²) in [5, 5.41) is -0.632. The third-order valence-corrected chi connectivity index (χ3v) is 1.68. The lowest BCUT2D eigenvalue weighted by Crippen LogP contribution is -2.25. The van der Waals surface area contributed by atoms with Crippen LogP contribution in [0.15, 0.2) is 0 Å². The van der Waals surface area contributed by atoms with Crippen LogP contribution in [0.4, 0.5) is 0 Å². The molecule has 0 saturated carbocycles. The van der Waals surface area contributed by atoms with Gasteiger partial charge < -0.3 is 10.3 Å². The second kappa shape index (κ2) is 4.31. The summed E-state index contributed by atoms with van der Waals surface area (Å²) in [6.45, 7) is 0. The minimum absolute atomic E-state index is 0.478. The van der Waals surface area contributed by atoms with E-state index in [-0.39, 0.29) is 0 Å². The maximum atomic E-state index is 10.0. The molecule has 50 valence electrons. The van der Waals surface area contributed by atoms with Gasteiger partial charge in [-0.3, -0.25) is 0 Å². The lowest BCUT2D eigenvalue weighted by molar-refractivity contribution is 0.546. The van der Waals surface area contributed by atoms with E-state index in [2.05, 4.69) is 12.6 Å². The summed E-state index contributed by atoms with van der Waals surface area (Å²) in [5.74, 6) is 0.549. The van der Waals surface area contributed by atoms with Gasteiger partial charge in [0.2, 0.25) is 0 Å². The van der Waals surface area contributed by atoms with E-state index in [0.717, 1.165) is 0 Å². The Balaban J connectivity index is 3.32. The number of rotatable bonds is 3. The zero-order valence-electron chi connectivity index (χ0n) is 4.28. The van der Waals surface area contributed by atoms with E-state index in [0.29, 0.717) is 12.2 Å². The molecule has 0 aromatic carbocycles. The van der Waals surface area contributed by atoms with Crippen LogP contribution in [0.25, 0.3) is 0 Å². The first-order chi connectivity index (χ1) is 3.68. The molecule has 0 radical (unpaired) electrons. The Hall–Kier alpha value is 0.420. The normalized spacial score (nSPS) is 17.9. The zero-order chi connectivity index (χ0) is 6.57. The van der Waals surface area contributed by atoms with Gasteiger partial charge in [-0.1, -0.05) is 0 Å². The fraction of sp³-hybridized carbons (Fsp3) is 1.00. The Morgan fingerprint density at radius 2 is 2.38 bits per heavy atom. The quantitative estimate of drug-likeness (QED) is 0.391. The predicted molar refractivity (Wildman–Crippen MR) is 37.2 cm³/mol. The van der Waals surface area contributed by atoms with E-state index in [1.807, 2.05) is 0 Å². The van der Waals surface area contributed by atoms with Crippen LogP contribution >= 0.6 is 12.6 Å². The monoisotopic (exact) mass is 155 g/mol. The van der Waals surface area contributed by atoms with Gasteiger partial charge >= 0.3 is 0 Å². The van der Waals surface area contributed by atoms with Crippen LogP contribution in [0.3, 0.4) is 0 Å². The Morgan fingerprint density at radius 1 is 1.88 bits per heavy atom. The van der Waals surface area contributed by atoms with Crippen LogP contribution in [0.2, 0.25) is 0 Å². The summed E-state index contributed by atoms with van der Waals surface area (Å²) in [4.78, 5) is 0. The van der Waals surface area contributed by atoms with Crippen molar-refractivity contribution in [2.24, 2.45) is 5.73 Å². The van der Waals surface area contributed by atoms with Gasteiger partial charge in [-0.05, 0) is 12.2 Å². The highest BCUT2D eigenvalue weighted by Crippen LogP contribution is 1.92. The molecule has 3 N–H and O–H groups in total. The number of nitrogens with two attached hydrogens (primary N) is 1. The summed E-state index contributed by atoms with van der Waals surface area (Å²) >= 11 is 1.95. The highest BCUT2D eigenvalue weighted by Gasteiger charge is 2.05. The summed E-state index contributed by atoms with van der Waals surface area (Å²) in [5.41, 5.74) is 5.13. The molecule has 0 heterocycles. The highest BCUT2D eigenvalue weighted by atomic mass is 32.2. The van der Waals surface area contributed by atoms with Gasteiger partial charge in [-0.25, -0.2) is 4.21 Å². The SMILES string of the molecule is NC(CCS)S(=O)O. The molecule has 0 aliphatic heterocycles. The van der Waals surface area contributed by atoms with Crippen molar-refractivity contribution in [3.05, 3.63) is 0 Å². The van der Waals surface area contributed by atoms with E-state index in [1.165, 1.54) is 0 Å². The summed E-state index contributed by atoms with van der Waals surface area (Å²) in [7, 11) is 0. The molecular weight excluding hydrogens is 146 g/mol. The van der Waals surface area contributed by atoms with Crippen molar-refractivity contribution in [3.63, 3.8) is 0 Å². The number of thiol groups is 1. The molecule has 2 atom stereocenters. The van der Waals surface area contributed by atoms with Crippen LogP contribution in [-0.2, 0) is 11.1 Å². The minimum Gasteiger partial charge on any atom is -0.315 e. The van der Waals surface area contributed by atoms with Crippen LogP contribution in [-0.4, -0.2) is 19.9 Å². The van der Waals surface area contributed by atoms with Gasteiger partial charge in [0, 0.05) is 0 Å². The lowest BCUT2D eigenvalue weighted by atomic mass is 10.5. The molecule has 0 spiro atoms. The fourth-order valence-corrected chi connectivity index (χ4v) is 1.00. The van der Waals surface area contributed by atoms with Gasteiger partial charge in [0.1, 0.15) is 5.37 Å². The van der Waals surface area contributed by atoms with E-state index in [4.69, 9.17) is 10.3 Å². The maximum Gasteiger partial charge on any atom is 0.170 e. The van der Waals surface area contributed by atoms with Gasteiger partial charge in [0.25, 0.3) is 0 Å². The summed E-state index contributed by atoms with van der Waals surface area (Å²) in [6.07, 6.45) is 0.478. The summed E-state index contributed by atoms with van der Waals surface area (Å²) < 4.78 is 18.3. The minimum atomic E-state index is -1.88. The molecule has 2 unspecified atom stereocenters. The molecule has 0 bridgehead atoms. The molecule has 0 aliphatic rings. The first-order valence-electron chi connectivity index (χ1n) is 2.14. The van der Waals surface area contributed by atoms with E-state index in [1.54, 1.807) is 0 Å². The molecule has 3 nitrogen and oxygen atoms in total. The highest BCUT2D eigenvalue weighted by molar-refractivity contribution is 7.81. The van der Waals surface area contributed by atoms with Crippen molar-refractivity contribution in [1.82, 2.24) is 0 Å². The maximum absolute atomic E-state index is 10.0. The summed E-state index contributed by atoms with van der Waals surface area (Å²) in [6, 6.07) is 0. The molecule has 5 heteroatoms. The first kappa shape index (κ1) is 8.42. The van der Waals surface area contributed by atoms with Crippen LogP contribution in [0.5, 0.6) is 0 Å². The van der Waals surface area contributed by atoms with Crippen molar-refractivity contribution in [2.45, 2.75) is 11.8 Å². The predicted octanol–water partition coefficient (Wildman–Crippen LogP) is -0.187. The topological polar surface area (TPSA) is 63.3 Å². The van der Waals surface area contributed by atoms with Crippen molar-refractivity contribution < 1.29 is 8.76 Å². The van der Waals surface area contributed by atoms with Gasteiger partial charge in [0.15, 0.2) is 11.1 Å². The van der Waals surface area contributed by atoms with Gasteiger partial charge in [0.05, 0.1) is 0 Å². The molecule has 0 fully saturated rings. The third-order valence-electron chi connectivity index (χ3n) is 0.673.